The third-order valence-electron chi connectivity index (χ3n) is 5.37. The van der Waals surface area contributed by atoms with Crippen LogP contribution in [-0.2, 0) is 16.0 Å². The molecule has 6 nitrogen and oxygen atoms in total. The van der Waals surface area contributed by atoms with E-state index >= 15 is 0 Å². The van der Waals surface area contributed by atoms with Crippen LogP contribution in [0.2, 0.25) is 0 Å². The molecule has 0 saturated heterocycles. The van der Waals surface area contributed by atoms with Gasteiger partial charge in [-0.1, -0.05) is 18.2 Å². The summed E-state index contributed by atoms with van der Waals surface area (Å²) >= 11 is 0. The Kier molecular flexibility index (Phi) is 3.80. The van der Waals surface area contributed by atoms with E-state index in [9.17, 15) is 19.5 Å². The van der Waals surface area contributed by atoms with Gasteiger partial charge >= 0.3 is 5.97 Å². The van der Waals surface area contributed by atoms with Crippen molar-refractivity contribution in [1.29, 1.82) is 0 Å². The Labute approximate surface area is 150 Å². The largest absolute Gasteiger partial charge is 0.481 e. The monoisotopic (exact) mass is 352 g/mol. The normalized spacial score (nSPS) is 22.0. The highest BCUT2D eigenvalue weighted by molar-refractivity contribution is 6.06. The molecule has 0 spiro atoms. The minimum Gasteiger partial charge on any atom is -0.481 e. The number of hydrogen-bond donors (Lipinski definition) is 1. The van der Waals surface area contributed by atoms with Gasteiger partial charge in [0.15, 0.2) is 0 Å². The topological polar surface area (TPSA) is 79.6 Å². The molecule has 2 aromatic rings. The molecule has 0 radical (unpaired) electrons. The van der Waals surface area contributed by atoms with Crippen molar-refractivity contribution in [2.45, 2.75) is 25.8 Å². The number of aromatic nitrogens is 1. The van der Waals surface area contributed by atoms with Crippen LogP contribution in [0.4, 0.5) is 0 Å². The molecule has 1 N–H and O–H groups in total. The molecule has 1 aliphatic heterocycles. The van der Waals surface area contributed by atoms with Gasteiger partial charge in [0.1, 0.15) is 5.78 Å². The third kappa shape index (κ3) is 2.49. The van der Waals surface area contributed by atoms with E-state index < -0.39 is 11.9 Å². The summed E-state index contributed by atoms with van der Waals surface area (Å²) in [7, 11) is 1.94. The zero-order valence-electron chi connectivity index (χ0n) is 14.7. The molecule has 134 valence electrons. The Morgan fingerprint density at radius 1 is 1.27 bits per heavy atom. The number of ketones is 1. The number of carbonyl (C=O) groups is 3. The van der Waals surface area contributed by atoms with Gasteiger partial charge in [-0.3, -0.25) is 23.9 Å². The molecule has 2 atom stereocenters. The average molecular weight is 352 g/mol. The SMILES string of the molecule is CC(=O)CC(=O)n1cc2c3c(cccc31)C1=C[C@@H](C(=O)O)CN(C)[C@@H]1C2. The van der Waals surface area contributed by atoms with Crippen molar-refractivity contribution >= 4 is 34.1 Å². The zero-order chi connectivity index (χ0) is 18.6. The number of carbonyl (C=O) groups excluding carboxylic acids is 2. The number of fused-ring (bicyclic) bond motifs is 2. The van der Waals surface area contributed by atoms with E-state index in [1.807, 2.05) is 37.5 Å². The van der Waals surface area contributed by atoms with Gasteiger partial charge in [0.25, 0.3) is 0 Å². The lowest BCUT2D eigenvalue weighted by Crippen LogP contribution is -2.44. The summed E-state index contributed by atoms with van der Waals surface area (Å²) in [5.41, 5.74) is 3.85. The van der Waals surface area contributed by atoms with Crippen LogP contribution in [0.5, 0.6) is 0 Å². The lowest BCUT2D eigenvalue weighted by molar-refractivity contribution is -0.140. The van der Waals surface area contributed by atoms with Crippen molar-refractivity contribution < 1.29 is 19.5 Å². The Balaban J connectivity index is 1.89. The van der Waals surface area contributed by atoms with Crippen molar-refractivity contribution in [1.82, 2.24) is 9.47 Å². The summed E-state index contributed by atoms with van der Waals surface area (Å²) in [5, 5.41) is 10.4. The van der Waals surface area contributed by atoms with E-state index in [4.69, 9.17) is 0 Å². The summed E-state index contributed by atoms with van der Waals surface area (Å²) in [6.45, 7) is 1.88. The second-order valence-electron chi connectivity index (χ2n) is 7.22. The van der Waals surface area contributed by atoms with Crippen molar-refractivity contribution in [3.05, 3.63) is 41.6 Å². The Hall–Kier alpha value is -2.73. The van der Waals surface area contributed by atoms with Crippen molar-refractivity contribution in [2.75, 3.05) is 13.6 Å². The first-order valence-corrected chi connectivity index (χ1v) is 8.67. The number of Topliss-reactive ketones (excluding diaryl/α,β-unsaturated/α-hetero) is 1. The molecule has 0 amide bonds. The lowest BCUT2D eigenvalue weighted by Gasteiger charge is -2.38. The molecule has 26 heavy (non-hydrogen) atoms. The molecule has 0 bridgehead atoms. The molecule has 1 aromatic carbocycles. The van der Waals surface area contributed by atoms with Crippen LogP contribution >= 0.6 is 0 Å². The number of carboxylic acid groups (broad SMARTS) is 1. The van der Waals surface area contributed by atoms with E-state index in [0.717, 1.165) is 34.0 Å². The zero-order valence-corrected chi connectivity index (χ0v) is 14.7. The van der Waals surface area contributed by atoms with E-state index in [2.05, 4.69) is 4.90 Å². The highest BCUT2D eigenvalue weighted by Gasteiger charge is 2.36. The van der Waals surface area contributed by atoms with Crippen LogP contribution in [0.25, 0.3) is 16.5 Å². The van der Waals surface area contributed by atoms with Gasteiger partial charge in [0.2, 0.25) is 5.91 Å². The highest BCUT2D eigenvalue weighted by atomic mass is 16.4. The molecule has 0 unspecified atom stereocenters. The Bertz CT molecular complexity index is 985. The minimum absolute atomic E-state index is 0.0995. The summed E-state index contributed by atoms with van der Waals surface area (Å²) in [4.78, 5) is 37.4. The van der Waals surface area contributed by atoms with Crippen molar-refractivity contribution in [3.8, 4) is 0 Å². The predicted octanol–water partition coefficient (Wildman–Crippen LogP) is 2.21. The fourth-order valence-corrected chi connectivity index (χ4v) is 4.22. The maximum atomic E-state index is 12.5. The summed E-state index contributed by atoms with van der Waals surface area (Å²) in [6.07, 6.45) is 4.30. The van der Waals surface area contributed by atoms with E-state index in [-0.39, 0.29) is 24.2 Å². The molecule has 1 aliphatic carbocycles. The second kappa shape index (κ2) is 5.92. The van der Waals surface area contributed by atoms with Crippen LogP contribution in [0.1, 0.15) is 29.3 Å². The Morgan fingerprint density at radius 2 is 2.04 bits per heavy atom. The summed E-state index contributed by atoms with van der Waals surface area (Å²) in [5.74, 6) is -1.76. The first kappa shape index (κ1) is 16.7. The third-order valence-corrected chi connectivity index (χ3v) is 5.37. The highest BCUT2D eigenvalue weighted by Crippen LogP contribution is 2.41. The fourth-order valence-electron chi connectivity index (χ4n) is 4.22. The molecular weight excluding hydrogens is 332 g/mol. The van der Waals surface area contributed by atoms with Crippen LogP contribution in [0, 0.1) is 5.92 Å². The quantitative estimate of drug-likeness (QED) is 0.857. The number of benzene rings is 1. The molecule has 6 heteroatoms. The van der Waals surface area contributed by atoms with Gasteiger partial charge in [-0.25, -0.2) is 0 Å². The van der Waals surface area contributed by atoms with Gasteiger partial charge in [-0.05, 0) is 43.2 Å². The molecule has 0 fully saturated rings. The Morgan fingerprint density at radius 3 is 2.73 bits per heavy atom. The fraction of sp³-hybridized carbons (Fsp3) is 0.350. The van der Waals surface area contributed by atoms with Crippen LogP contribution in [0.3, 0.4) is 0 Å². The summed E-state index contributed by atoms with van der Waals surface area (Å²) in [6, 6.07) is 5.85. The first-order chi connectivity index (χ1) is 12.4. The number of likely N-dealkylation sites (N-methyl/N-ethyl adjacent to an activating group) is 1. The number of rotatable bonds is 3. The van der Waals surface area contributed by atoms with Gasteiger partial charge in [-0.2, -0.15) is 0 Å². The molecule has 1 aromatic heterocycles. The molecular formula is C20H20N2O4. The standard InChI is InChI=1S/C20H20N2O4/c1-11(23)6-18(24)22-10-12-8-17-15(7-13(20(25)26)9-21(17)2)14-4-3-5-16(22)19(12)14/h3-5,7,10,13,17H,6,8-9H2,1-2H3,(H,25,26)/t13-,17-/m1/s1. The van der Waals surface area contributed by atoms with Crippen LogP contribution < -0.4 is 0 Å². The molecule has 2 aliphatic rings. The minimum atomic E-state index is -0.824. The molecule has 2 heterocycles. The second-order valence-corrected chi connectivity index (χ2v) is 7.22. The molecule has 4 rings (SSSR count). The van der Waals surface area contributed by atoms with Gasteiger partial charge < -0.3 is 5.11 Å². The van der Waals surface area contributed by atoms with E-state index in [1.54, 1.807) is 4.57 Å². The number of aliphatic carboxylic acids is 1. The predicted molar refractivity (Wildman–Crippen MR) is 97.1 cm³/mol. The van der Waals surface area contributed by atoms with E-state index in [0.29, 0.717) is 6.54 Å². The van der Waals surface area contributed by atoms with Crippen molar-refractivity contribution in [3.63, 3.8) is 0 Å². The first-order valence-electron chi connectivity index (χ1n) is 8.67. The number of carboxylic acids is 1. The number of nitrogens with zero attached hydrogens (tertiary/aromatic N) is 2. The average Bonchev–Trinajstić information content (AvgIpc) is 2.95. The van der Waals surface area contributed by atoms with Crippen LogP contribution in [-0.4, -0.2) is 51.9 Å². The molecule has 0 saturated carbocycles. The van der Waals surface area contributed by atoms with Gasteiger partial charge in [0, 0.05) is 24.2 Å². The lowest BCUT2D eigenvalue weighted by atomic mass is 9.80. The van der Waals surface area contributed by atoms with Gasteiger partial charge in [0.05, 0.1) is 17.9 Å². The summed E-state index contributed by atoms with van der Waals surface area (Å²) < 4.78 is 1.57. The maximum absolute atomic E-state index is 12.5. The van der Waals surface area contributed by atoms with Crippen molar-refractivity contribution in [2.24, 2.45) is 5.92 Å². The smallest absolute Gasteiger partial charge is 0.311 e. The van der Waals surface area contributed by atoms with Gasteiger partial charge in [-0.15, -0.1) is 0 Å². The maximum Gasteiger partial charge on any atom is 0.311 e. The van der Waals surface area contributed by atoms with Crippen LogP contribution in [0.15, 0.2) is 30.5 Å². The van der Waals surface area contributed by atoms with E-state index in [1.165, 1.54) is 6.92 Å². The number of hydrogen-bond acceptors (Lipinski definition) is 4.